The summed E-state index contributed by atoms with van der Waals surface area (Å²) in [6, 6.07) is 19.4. The fourth-order valence-electron chi connectivity index (χ4n) is 3.20. The molecule has 0 bridgehead atoms. The first-order valence-electron chi connectivity index (χ1n) is 7.40. The van der Waals surface area contributed by atoms with E-state index in [0.29, 0.717) is 12.0 Å². The van der Waals surface area contributed by atoms with Gasteiger partial charge in [0.05, 0.1) is 0 Å². The van der Waals surface area contributed by atoms with Crippen LogP contribution in [0, 0.1) is 0 Å². The Kier molecular flexibility index (Phi) is 4.27. The Bertz CT molecular complexity index is 552. The highest BCUT2D eigenvalue weighted by Crippen LogP contribution is 2.35. The van der Waals surface area contributed by atoms with Gasteiger partial charge < -0.3 is 5.32 Å². The van der Waals surface area contributed by atoms with Crippen molar-refractivity contribution in [2.24, 2.45) is 0 Å². The third kappa shape index (κ3) is 3.16. The van der Waals surface area contributed by atoms with Crippen LogP contribution in [0.3, 0.4) is 0 Å². The molecule has 1 fully saturated rings. The molecule has 2 atom stereocenters. The molecule has 0 aromatic heterocycles. The molecule has 2 aromatic carbocycles. The van der Waals surface area contributed by atoms with Crippen LogP contribution in [0.1, 0.15) is 37.2 Å². The highest BCUT2D eigenvalue weighted by molar-refractivity contribution is 6.30. The van der Waals surface area contributed by atoms with Gasteiger partial charge in [0, 0.05) is 22.7 Å². The highest BCUT2D eigenvalue weighted by Gasteiger charge is 2.26. The van der Waals surface area contributed by atoms with Gasteiger partial charge in [-0.05, 0) is 36.6 Å². The van der Waals surface area contributed by atoms with E-state index in [9.17, 15) is 0 Å². The van der Waals surface area contributed by atoms with Crippen molar-refractivity contribution in [2.45, 2.75) is 37.6 Å². The molecule has 20 heavy (non-hydrogen) atoms. The first kappa shape index (κ1) is 13.5. The minimum atomic E-state index is 0.504. The van der Waals surface area contributed by atoms with E-state index in [-0.39, 0.29) is 0 Å². The molecular weight excluding hydrogens is 266 g/mol. The SMILES string of the molecule is Clc1cccc(NC2CCCCC2c2ccccc2)c1. The molecule has 2 heteroatoms. The van der Waals surface area contributed by atoms with Gasteiger partial charge in [-0.3, -0.25) is 0 Å². The first-order chi connectivity index (χ1) is 9.83. The molecule has 1 N–H and O–H groups in total. The summed E-state index contributed by atoms with van der Waals surface area (Å²) in [5.74, 6) is 0.601. The lowest BCUT2D eigenvalue weighted by molar-refractivity contribution is 0.405. The summed E-state index contributed by atoms with van der Waals surface area (Å²) in [5.41, 5.74) is 2.58. The van der Waals surface area contributed by atoms with Crippen LogP contribution in [0.25, 0.3) is 0 Å². The Morgan fingerprint density at radius 2 is 1.70 bits per heavy atom. The largest absolute Gasteiger partial charge is 0.382 e. The van der Waals surface area contributed by atoms with E-state index in [1.807, 2.05) is 18.2 Å². The van der Waals surface area contributed by atoms with Crippen molar-refractivity contribution in [3.05, 3.63) is 65.2 Å². The van der Waals surface area contributed by atoms with Crippen LogP contribution in [0.4, 0.5) is 5.69 Å². The standard InChI is InChI=1S/C18H20ClN/c19-15-9-6-10-16(13-15)20-18-12-5-4-11-17(18)14-7-2-1-3-8-14/h1-3,6-10,13,17-18,20H,4-5,11-12H2. The van der Waals surface area contributed by atoms with Gasteiger partial charge in [0.1, 0.15) is 0 Å². The third-order valence-electron chi connectivity index (χ3n) is 4.17. The molecule has 0 heterocycles. The summed E-state index contributed by atoms with van der Waals surface area (Å²) >= 11 is 6.08. The summed E-state index contributed by atoms with van der Waals surface area (Å²) in [5, 5.41) is 4.48. The van der Waals surface area contributed by atoms with Gasteiger partial charge in [-0.2, -0.15) is 0 Å². The molecule has 104 valence electrons. The summed E-state index contributed by atoms with van der Waals surface area (Å²) in [7, 11) is 0. The second kappa shape index (κ2) is 6.32. The zero-order valence-corrected chi connectivity index (χ0v) is 12.3. The lowest BCUT2D eigenvalue weighted by Gasteiger charge is -2.33. The van der Waals surface area contributed by atoms with Gasteiger partial charge in [-0.25, -0.2) is 0 Å². The van der Waals surface area contributed by atoms with E-state index >= 15 is 0 Å². The van der Waals surface area contributed by atoms with Crippen molar-refractivity contribution in [3.8, 4) is 0 Å². The van der Waals surface area contributed by atoms with Crippen molar-refractivity contribution < 1.29 is 0 Å². The van der Waals surface area contributed by atoms with Crippen molar-refractivity contribution in [1.29, 1.82) is 0 Å². The van der Waals surface area contributed by atoms with Crippen molar-refractivity contribution in [1.82, 2.24) is 0 Å². The van der Waals surface area contributed by atoms with Crippen molar-refractivity contribution in [2.75, 3.05) is 5.32 Å². The van der Waals surface area contributed by atoms with Gasteiger partial charge in [0.15, 0.2) is 0 Å². The molecule has 0 amide bonds. The molecule has 1 aliphatic carbocycles. The Hall–Kier alpha value is -1.47. The number of nitrogens with one attached hydrogen (secondary N) is 1. The van der Waals surface area contributed by atoms with Gasteiger partial charge in [-0.1, -0.05) is 60.8 Å². The highest BCUT2D eigenvalue weighted by atomic mass is 35.5. The van der Waals surface area contributed by atoms with E-state index in [0.717, 1.165) is 10.7 Å². The minimum absolute atomic E-state index is 0.504. The monoisotopic (exact) mass is 285 g/mol. The molecule has 1 aliphatic rings. The Labute approximate surface area is 126 Å². The quantitative estimate of drug-likeness (QED) is 0.787. The maximum Gasteiger partial charge on any atom is 0.0426 e. The molecule has 2 unspecified atom stereocenters. The minimum Gasteiger partial charge on any atom is -0.382 e. The van der Waals surface area contributed by atoms with Crippen LogP contribution in [0.5, 0.6) is 0 Å². The summed E-state index contributed by atoms with van der Waals surface area (Å²) < 4.78 is 0. The van der Waals surface area contributed by atoms with Gasteiger partial charge in [-0.15, -0.1) is 0 Å². The predicted octanol–water partition coefficient (Wildman–Crippen LogP) is 5.48. The normalized spacial score (nSPS) is 22.4. The molecule has 0 saturated heterocycles. The van der Waals surface area contributed by atoms with Crippen LogP contribution < -0.4 is 5.32 Å². The number of benzene rings is 2. The fourth-order valence-corrected chi connectivity index (χ4v) is 3.39. The number of hydrogen-bond acceptors (Lipinski definition) is 1. The maximum atomic E-state index is 6.08. The zero-order valence-electron chi connectivity index (χ0n) is 11.6. The molecule has 3 rings (SSSR count). The van der Waals surface area contributed by atoms with E-state index in [1.165, 1.54) is 31.2 Å². The smallest absolute Gasteiger partial charge is 0.0426 e. The number of halogens is 1. The molecular formula is C18H20ClN. The van der Waals surface area contributed by atoms with Gasteiger partial charge in [0.2, 0.25) is 0 Å². The topological polar surface area (TPSA) is 12.0 Å². The molecule has 0 aliphatic heterocycles. The Morgan fingerprint density at radius 3 is 2.50 bits per heavy atom. The Balaban J connectivity index is 1.79. The van der Waals surface area contributed by atoms with Gasteiger partial charge >= 0.3 is 0 Å². The van der Waals surface area contributed by atoms with E-state index in [1.54, 1.807) is 0 Å². The summed E-state index contributed by atoms with van der Waals surface area (Å²) in [4.78, 5) is 0. The molecule has 0 radical (unpaired) electrons. The first-order valence-corrected chi connectivity index (χ1v) is 7.78. The van der Waals surface area contributed by atoms with E-state index in [4.69, 9.17) is 11.6 Å². The van der Waals surface area contributed by atoms with Gasteiger partial charge in [0.25, 0.3) is 0 Å². The fraction of sp³-hybridized carbons (Fsp3) is 0.333. The summed E-state index contributed by atoms with van der Waals surface area (Å²) in [6.45, 7) is 0. The van der Waals surface area contributed by atoms with Crippen LogP contribution in [-0.4, -0.2) is 6.04 Å². The second-order valence-corrected chi connectivity index (χ2v) is 6.00. The number of anilines is 1. The zero-order chi connectivity index (χ0) is 13.8. The third-order valence-corrected chi connectivity index (χ3v) is 4.41. The predicted molar refractivity (Wildman–Crippen MR) is 86.5 cm³/mol. The van der Waals surface area contributed by atoms with E-state index in [2.05, 4.69) is 41.7 Å². The summed E-state index contributed by atoms with van der Waals surface area (Å²) in [6.07, 6.45) is 5.13. The molecule has 2 aromatic rings. The van der Waals surface area contributed by atoms with Crippen LogP contribution in [0.2, 0.25) is 5.02 Å². The Morgan fingerprint density at radius 1 is 0.900 bits per heavy atom. The van der Waals surface area contributed by atoms with Crippen LogP contribution >= 0.6 is 11.6 Å². The molecule has 1 nitrogen and oxygen atoms in total. The number of hydrogen-bond donors (Lipinski definition) is 1. The van der Waals surface area contributed by atoms with Crippen LogP contribution in [0.15, 0.2) is 54.6 Å². The lowest BCUT2D eigenvalue weighted by atomic mass is 9.80. The van der Waals surface area contributed by atoms with Crippen molar-refractivity contribution in [3.63, 3.8) is 0 Å². The number of rotatable bonds is 3. The molecule has 1 saturated carbocycles. The lowest BCUT2D eigenvalue weighted by Crippen LogP contribution is -2.30. The van der Waals surface area contributed by atoms with Crippen LogP contribution in [-0.2, 0) is 0 Å². The second-order valence-electron chi connectivity index (χ2n) is 5.56. The average molecular weight is 286 g/mol. The van der Waals surface area contributed by atoms with Crippen molar-refractivity contribution >= 4 is 17.3 Å². The van der Waals surface area contributed by atoms with E-state index < -0.39 is 0 Å². The average Bonchev–Trinajstić information content (AvgIpc) is 2.49. The molecule has 0 spiro atoms. The maximum absolute atomic E-state index is 6.08.